The maximum absolute atomic E-state index is 11.6. The molecule has 0 unspecified atom stereocenters. The standard InChI is InChI=1S/C14H23N3O/c1-4-9-15-10-14(18)16-13-7-5-12(6-8-13)11-17(2)3/h5-8,15H,4,9-11H2,1-3H3,(H,16,18). The van der Waals surface area contributed by atoms with Gasteiger partial charge in [0.25, 0.3) is 0 Å². The van der Waals surface area contributed by atoms with Gasteiger partial charge in [0.15, 0.2) is 0 Å². The molecule has 1 aromatic carbocycles. The van der Waals surface area contributed by atoms with E-state index in [0.717, 1.165) is 25.2 Å². The van der Waals surface area contributed by atoms with E-state index >= 15 is 0 Å². The van der Waals surface area contributed by atoms with Crippen LogP contribution in [0.3, 0.4) is 0 Å². The van der Waals surface area contributed by atoms with E-state index in [-0.39, 0.29) is 5.91 Å². The summed E-state index contributed by atoms with van der Waals surface area (Å²) in [7, 11) is 4.07. The first kappa shape index (κ1) is 14.7. The Morgan fingerprint density at radius 3 is 2.44 bits per heavy atom. The fourth-order valence-electron chi connectivity index (χ4n) is 1.64. The molecular weight excluding hydrogens is 226 g/mol. The number of hydrogen-bond acceptors (Lipinski definition) is 3. The molecule has 0 atom stereocenters. The van der Waals surface area contributed by atoms with Gasteiger partial charge < -0.3 is 15.5 Å². The zero-order valence-electron chi connectivity index (χ0n) is 11.5. The smallest absolute Gasteiger partial charge is 0.238 e. The molecule has 0 aromatic heterocycles. The zero-order chi connectivity index (χ0) is 13.4. The molecule has 4 heteroatoms. The minimum absolute atomic E-state index is 0.00353. The minimum Gasteiger partial charge on any atom is -0.325 e. The first-order valence-electron chi connectivity index (χ1n) is 6.36. The highest BCUT2D eigenvalue weighted by molar-refractivity contribution is 5.92. The van der Waals surface area contributed by atoms with Gasteiger partial charge in [-0.25, -0.2) is 0 Å². The SMILES string of the molecule is CCCNCC(=O)Nc1ccc(CN(C)C)cc1. The van der Waals surface area contributed by atoms with Crippen LogP contribution in [0.25, 0.3) is 0 Å². The fourth-order valence-corrected chi connectivity index (χ4v) is 1.64. The van der Waals surface area contributed by atoms with Gasteiger partial charge in [0.05, 0.1) is 6.54 Å². The average Bonchev–Trinajstić information content (AvgIpc) is 2.31. The summed E-state index contributed by atoms with van der Waals surface area (Å²) in [5, 5.41) is 5.94. The van der Waals surface area contributed by atoms with Gasteiger partial charge in [0.2, 0.25) is 5.91 Å². The molecule has 0 saturated carbocycles. The van der Waals surface area contributed by atoms with Crippen molar-refractivity contribution in [3.8, 4) is 0 Å². The van der Waals surface area contributed by atoms with Gasteiger partial charge >= 0.3 is 0 Å². The average molecular weight is 249 g/mol. The first-order chi connectivity index (χ1) is 8.61. The number of carbonyl (C=O) groups is 1. The maximum Gasteiger partial charge on any atom is 0.238 e. The van der Waals surface area contributed by atoms with Crippen molar-refractivity contribution in [2.75, 3.05) is 32.5 Å². The van der Waals surface area contributed by atoms with Gasteiger partial charge in [-0.2, -0.15) is 0 Å². The van der Waals surface area contributed by atoms with Crippen LogP contribution in [-0.2, 0) is 11.3 Å². The second-order valence-electron chi connectivity index (χ2n) is 4.66. The van der Waals surface area contributed by atoms with Crippen LogP contribution in [0.5, 0.6) is 0 Å². The minimum atomic E-state index is 0.00353. The fraction of sp³-hybridized carbons (Fsp3) is 0.500. The molecule has 0 saturated heterocycles. The highest BCUT2D eigenvalue weighted by Crippen LogP contribution is 2.10. The monoisotopic (exact) mass is 249 g/mol. The van der Waals surface area contributed by atoms with E-state index in [9.17, 15) is 4.79 Å². The molecular formula is C14H23N3O. The number of carbonyl (C=O) groups excluding carboxylic acids is 1. The van der Waals surface area contributed by atoms with Gasteiger partial charge in [0, 0.05) is 12.2 Å². The second kappa shape index (κ2) is 7.84. The van der Waals surface area contributed by atoms with Crippen molar-refractivity contribution in [1.29, 1.82) is 0 Å². The molecule has 1 rings (SSSR count). The molecule has 0 fully saturated rings. The number of nitrogens with one attached hydrogen (secondary N) is 2. The topological polar surface area (TPSA) is 44.4 Å². The van der Waals surface area contributed by atoms with E-state index in [4.69, 9.17) is 0 Å². The summed E-state index contributed by atoms with van der Waals surface area (Å²) >= 11 is 0. The number of nitrogens with zero attached hydrogens (tertiary/aromatic N) is 1. The number of amides is 1. The number of rotatable bonds is 7. The molecule has 0 spiro atoms. The van der Waals surface area contributed by atoms with Crippen LogP contribution in [0.2, 0.25) is 0 Å². The molecule has 0 heterocycles. The summed E-state index contributed by atoms with van der Waals surface area (Å²) in [4.78, 5) is 13.7. The van der Waals surface area contributed by atoms with Crippen molar-refractivity contribution in [1.82, 2.24) is 10.2 Å². The van der Waals surface area contributed by atoms with Gasteiger partial charge in [-0.05, 0) is 44.8 Å². The summed E-state index contributed by atoms with van der Waals surface area (Å²) in [6.07, 6.45) is 1.03. The number of benzene rings is 1. The molecule has 0 aliphatic carbocycles. The lowest BCUT2D eigenvalue weighted by atomic mass is 10.2. The molecule has 0 bridgehead atoms. The first-order valence-corrected chi connectivity index (χ1v) is 6.36. The highest BCUT2D eigenvalue weighted by Gasteiger charge is 2.01. The summed E-state index contributed by atoms with van der Waals surface area (Å²) in [6, 6.07) is 7.96. The molecule has 0 radical (unpaired) electrons. The Hall–Kier alpha value is -1.39. The van der Waals surface area contributed by atoms with E-state index in [1.807, 2.05) is 38.4 Å². The largest absolute Gasteiger partial charge is 0.325 e. The van der Waals surface area contributed by atoms with Crippen LogP contribution in [0.1, 0.15) is 18.9 Å². The quantitative estimate of drug-likeness (QED) is 0.723. The van der Waals surface area contributed by atoms with Crippen molar-refractivity contribution >= 4 is 11.6 Å². The van der Waals surface area contributed by atoms with E-state index in [2.05, 4.69) is 22.5 Å². The molecule has 1 amide bonds. The summed E-state index contributed by atoms with van der Waals surface area (Å²) in [6.45, 7) is 4.23. The Labute approximate surface area is 109 Å². The lowest BCUT2D eigenvalue weighted by Crippen LogP contribution is -2.28. The van der Waals surface area contributed by atoms with Crippen LogP contribution in [0, 0.1) is 0 Å². The van der Waals surface area contributed by atoms with E-state index in [0.29, 0.717) is 6.54 Å². The predicted molar refractivity (Wildman–Crippen MR) is 75.6 cm³/mol. The summed E-state index contributed by atoms with van der Waals surface area (Å²) in [5.74, 6) is 0.00353. The normalized spacial score (nSPS) is 10.7. The van der Waals surface area contributed by atoms with E-state index in [1.165, 1.54) is 5.56 Å². The third-order valence-electron chi connectivity index (χ3n) is 2.45. The highest BCUT2D eigenvalue weighted by atomic mass is 16.1. The molecule has 2 N–H and O–H groups in total. The molecule has 0 aliphatic heterocycles. The van der Waals surface area contributed by atoms with Crippen molar-refractivity contribution in [2.45, 2.75) is 19.9 Å². The molecule has 1 aromatic rings. The van der Waals surface area contributed by atoms with Gasteiger partial charge in [-0.15, -0.1) is 0 Å². The van der Waals surface area contributed by atoms with Crippen molar-refractivity contribution in [3.05, 3.63) is 29.8 Å². The third kappa shape index (κ3) is 5.80. The Bertz CT molecular complexity index is 360. The Kier molecular flexibility index (Phi) is 6.39. The van der Waals surface area contributed by atoms with Crippen molar-refractivity contribution in [2.24, 2.45) is 0 Å². The van der Waals surface area contributed by atoms with Crippen LogP contribution in [0.15, 0.2) is 24.3 Å². The van der Waals surface area contributed by atoms with Gasteiger partial charge in [-0.3, -0.25) is 4.79 Å². The number of anilines is 1. The van der Waals surface area contributed by atoms with Crippen LogP contribution >= 0.6 is 0 Å². The molecule has 4 nitrogen and oxygen atoms in total. The summed E-state index contributed by atoms with van der Waals surface area (Å²) < 4.78 is 0. The summed E-state index contributed by atoms with van der Waals surface area (Å²) in [5.41, 5.74) is 2.09. The predicted octanol–water partition coefficient (Wildman–Crippen LogP) is 1.69. The molecule has 100 valence electrons. The Morgan fingerprint density at radius 2 is 1.89 bits per heavy atom. The Morgan fingerprint density at radius 1 is 1.22 bits per heavy atom. The van der Waals surface area contributed by atoms with Crippen LogP contribution in [-0.4, -0.2) is 38.0 Å². The third-order valence-corrected chi connectivity index (χ3v) is 2.45. The molecule has 0 aliphatic rings. The Balaban J connectivity index is 2.40. The molecule has 18 heavy (non-hydrogen) atoms. The van der Waals surface area contributed by atoms with Gasteiger partial charge in [-0.1, -0.05) is 19.1 Å². The van der Waals surface area contributed by atoms with Gasteiger partial charge in [0.1, 0.15) is 0 Å². The van der Waals surface area contributed by atoms with Crippen LogP contribution < -0.4 is 10.6 Å². The van der Waals surface area contributed by atoms with Crippen molar-refractivity contribution in [3.63, 3.8) is 0 Å². The van der Waals surface area contributed by atoms with E-state index < -0.39 is 0 Å². The lowest BCUT2D eigenvalue weighted by molar-refractivity contribution is -0.115. The lowest BCUT2D eigenvalue weighted by Gasteiger charge is -2.10. The van der Waals surface area contributed by atoms with Crippen LogP contribution in [0.4, 0.5) is 5.69 Å². The zero-order valence-corrected chi connectivity index (χ0v) is 11.5. The maximum atomic E-state index is 11.6. The van der Waals surface area contributed by atoms with Crippen molar-refractivity contribution < 1.29 is 4.79 Å². The second-order valence-corrected chi connectivity index (χ2v) is 4.66. The van der Waals surface area contributed by atoms with E-state index in [1.54, 1.807) is 0 Å². The number of hydrogen-bond donors (Lipinski definition) is 2.